The molecule has 0 bridgehead atoms. The molecule has 2 aromatic carbocycles. The van der Waals surface area contributed by atoms with Crippen molar-refractivity contribution in [3.05, 3.63) is 53.6 Å². The average molecular weight is 288 g/mol. The quantitative estimate of drug-likeness (QED) is 0.863. The molecule has 0 aromatic heterocycles. The number of aromatic hydroxyl groups is 1. The molecule has 0 aliphatic rings. The van der Waals surface area contributed by atoms with Crippen LogP contribution in [0.4, 0.5) is 0 Å². The summed E-state index contributed by atoms with van der Waals surface area (Å²) in [6.07, 6.45) is 0. The summed E-state index contributed by atoms with van der Waals surface area (Å²) in [5.74, 6) is -0.316. The molecule has 2 rings (SSSR count). The maximum atomic E-state index is 11.7. The van der Waals surface area contributed by atoms with Crippen molar-refractivity contribution >= 4 is 17.7 Å². The van der Waals surface area contributed by atoms with Crippen LogP contribution in [-0.4, -0.2) is 17.7 Å². The van der Waals surface area contributed by atoms with Gasteiger partial charge in [0.25, 0.3) is 0 Å². The molecule has 1 N–H and O–H groups in total. The number of esters is 1. The van der Waals surface area contributed by atoms with Gasteiger partial charge in [-0.2, -0.15) is 0 Å². The maximum Gasteiger partial charge on any atom is 0.338 e. The Morgan fingerprint density at radius 2 is 1.95 bits per heavy atom. The van der Waals surface area contributed by atoms with Crippen molar-refractivity contribution in [1.82, 2.24) is 0 Å². The van der Waals surface area contributed by atoms with Crippen LogP contribution in [0.2, 0.25) is 0 Å². The predicted molar refractivity (Wildman–Crippen MR) is 79.4 cm³/mol. The Kier molecular flexibility index (Phi) is 4.69. The first-order valence-electron chi connectivity index (χ1n) is 6.35. The number of benzene rings is 2. The van der Waals surface area contributed by atoms with E-state index in [0.717, 1.165) is 15.4 Å². The molecule has 4 heteroatoms. The lowest BCUT2D eigenvalue weighted by Gasteiger charge is -2.10. The van der Waals surface area contributed by atoms with Gasteiger partial charge in [-0.3, -0.25) is 0 Å². The Morgan fingerprint density at radius 1 is 1.25 bits per heavy atom. The Hall–Kier alpha value is -1.94. The zero-order valence-electron chi connectivity index (χ0n) is 11.4. The van der Waals surface area contributed by atoms with Crippen LogP contribution in [0.1, 0.15) is 22.8 Å². The molecule has 0 aliphatic carbocycles. The Labute approximate surface area is 122 Å². The fourth-order valence-electron chi connectivity index (χ4n) is 1.83. The predicted octanol–water partition coefficient (Wildman–Crippen LogP) is 4.03. The van der Waals surface area contributed by atoms with E-state index in [4.69, 9.17) is 4.74 Å². The number of carbonyl (C=O) groups is 1. The molecule has 0 radical (unpaired) electrons. The standard InChI is InChI=1S/C16H16O3S/c1-3-19-16(18)12-9-11(2)15(14(17)10-12)20-13-7-5-4-6-8-13/h4-10,17H,3H2,1-2H3. The van der Waals surface area contributed by atoms with Crippen molar-refractivity contribution in [2.24, 2.45) is 0 Å². The number of aryl methyl sites for hydroxylation is 1. The molecule has 0 aliphatic heterocycles. The maximum absolute atomic E-state index is 11.7. The van der Waals surface area contributed by atoms with Crippen molar-refractivity contribution in [2.75, 3.05) is 6.61 Å². The van der Waals surface area contributed by atoms with E-state index < -0.39 is 5.97 Å². The fraction of sp³-hybridized carbons (Fsp3) is 0.188. The average Bonchev–Trinajstić information content (AvgIpc) is 2.44. The minimum absolute atomic E-state index is 0.0990. The van der Waals surface area contributed by atoms with E-state index >= 15 is 0 Å². The minimum Gasteiger partial charge on any atom is -0.507 e. The van der Waals surface area contributed by atoms with Gasteiger partial charge in [0.15, 0.2) is 0 Å². The second-order valence-electron chi connectivity index (χ2n) is 4.28. The summed E-state index contributed by atoms with van der Waals surface area (Å²) in [4.78, 5) is 13.5. The van der Waals surface area contributed by atoms with Gasteiger partial charge in [-0.15, -0.1) is 0 Å². The molecule has 20 heavy (non-hydrogen) atoms. The van der Waals surface area contributed by atoms with Gasteiger partial charge in [-0.25, -0.2) is 4.79 Å². The molecule has 2 aromatic rings. The van der Waals surface area contributed by atoms with Gasteiger partial charge in [-0.05, 0) is 43.7 Å². The third kappa shape index (κ3) is 3.33. The van der Waals surface area contributed by atoms with Crippen LogP contribution in [0, 0.1) is 6.92 Å². The van der Waals surface area contributed by atoms with E-state index in [1.165, 1.54) is 17.8 Å². The largest absolute Gasteiger partial charge is 0.507 e. The van der Waals surface area contributed by atoms with Crippen LogP contribution in [0.15, 0.2) is 52.3 Å². The Morgan fingerprint density at radius 3 is 2.55 bits per heavy atom. The van der Waals surface area contributed by atoms with E-state index in [0.29, 0.717) is 12.2 Å². The molecule has 0 heterocycles. The molecule has 0 saturated heterocycles. The topological polar surface area (TPSA) is 46.5 Å². The van der Waals surface area contributed by atoms with Crippen molar-refractivity contribution in [3.63, 3.8) is 0 Å². The zero-order chi connectivity index (χ0) is 14.5. The van der Waals surface area contributed by atoms with Gasteiger partial charge in [0.2, 0.25) is 0 Å². The van der Waals surface area contributed by atoms with E-state index in [2.05, 4.69) is 0 Å². The lowest BCUT2D eigenvalue weighted by atomic mass is 10.1. The van der Waals surface area contributed by atoms with Crippen LogP contribution in [-0.2, 0) is 4.74 Å². The van der Waals surface area contributed by atoms with E-state index in [1.54, 1.807) is 13.0 Å². The Bertz CT molecular complexity index is 585. The van der Waals surface area contributed by atoms with Gasteiger partial charge >= 0.3 is 5.97 Å². The van der Waals surface area contributed by atoms with Crippen LogP contribution in [0.3, 0.4) is 0 Å². The SMILES string of the molecule is CCOC(=O)c1cc(C)c(Sc2ccccc2)c(O)c1. The summed E-state index contributed by atoms with van der Waals surface area (Å²) in [5, 5.41) is 10.1. The molecule has 0 amide bonds. The van der Waals surface area contributed by atoms with Gasteiger partial charge in [-0.1, -0.05) is 30.0 Å². The summed E-state index contributed by atoms with van der Waals surface area (Å²) in [7, 11) is 0. The first kappa shape index (κ1) is 14.5. The van der Waals surface area contributed by atoms with Crippen molar-refractivity contribution < 1.29 is 14.6 Å². The third-order valence-electron chi connectivity index (χ3n) is 2.73. The number of carbonyl (C=O) groups excluding carboxylic acids is 1. The molecule has 0 unspecified atom stereocenters. The van der Waals surface area contributed by atoms with Crippen molar-refractivity contribution in [2.45, 2.75) is 23.6 Å². The van der Waals surface area contributed by atoms with Crippen LogP contribution in [0.5, 0.6) is 5.75 Å². The molecule has 0 atom stereocenters. The first-order chi connectivity index (χ1) is 9.61. The number of ether oxygens (including phenoxy) is 1. The highest BCUT2D eigenvalue weighted by Crippen LogP contribution is 2.37. The number of rotatable bonds is 4. The smallest absolute Gasteiger partial charge is 0.338 e. The number of hydrogen-bond donors (Lipinski definition) is 1. The summed E-state index contributed by atoms with van der Waals surface area (Å²) < 4.78 is 4.94. The highest BCUT2D eigenvalue weighted by atomic mass is 32.2. The molecule has 104 valence electrons. The molecule has 0 saturated carbocycles. The monoisotopic (exact) mass is 288 g/mol. The fourth-order valence-corrected chi connectivity index (χ4v) is 2.74. The number of phenols is 1. The van der Waals surface area contributed by atoms with Gasteiger partial charge < -0.3 is 9.84 Å². The van der Waals surface area contributed by atoms with Crippen LogP contribution < -0.4 is 0 Å². The summed E-state index contributed by atoms with van der Waals surface area (Å²) in [5.41, 5.74) is 1.22. The molecular formula is C16H16O3S. The van der Waals surface area contributed by atoms with Gasteiger partial charge in [0.05, 0.1) is 17.1 Å². The lowest BCUT2D eigenvalue weighted by molar-refractivity contribution is 0.0525. The normalized spacial score (nSPS) is 10.3. The molecule has 3 nitrogen and oxygen atoms in total. The number of phenolic OH excluding ortho intramolecular Hbond substituents is 1. The Balaban J connectivity index is 2.30. The minimum atomic E-state index is -0.415. The lowest BCUT2D eigenvalue weighted by Crippen LogP contribution is -2.05. The van der Waals surface area contributed by atoms with Crippen LogP contribution in [0.25, 0.3) is 0 Å². The van der Waals surface area contributed by atoms with Crippen molar-refractivity contribution in [1.29, 1.82) is 0 Å². The summed E-state index contributed by atoms with van der Waals surface area (Å²) in [6.45, 7) is 3.94. The summed E-state index contributed by atoms with van der Waals surface area (Å²) in [6, 6.07) is 13.0. The van der Waals surface area contributed by atoms with Crippen molar-refractivity contribution in [3.8, 4) is 5.75 Å². The molecular weight excluding hydrogens is 272 g/mol. The first-order valence-corrected chi connectivity index (χ1v) is 7.17. The highest BCUT2D eigenvalue weighted by Gasteiger charge is 2.14. The number of hydrogen-bond acceptors (Lipinski definition) is 4. The molecule has 0 fully saturated rings. The highest BCUT2D eigenvalue weighted by molar-refractivity contribution is 7.99. The van der Waals surface area contributed by atoms with Crippen LogP contribution >= 0.6 is 11.8 Å². The molecule has 0 spiro atoms. The van der Waals surface area contributed by atoms with Gasteiger partial charge in [0, 0.05) is 4.90 Å². The summed E-state index contributed by atoms with van der Waals surface area (Å²) >= 11 is 1.47. The second-order valence-corrected chi connectivity index (χ2v) is 5.36. The van der Waals surface area contributed by atoms with E-state index in [9.17, 15) is 9.90 Å². The zero-order valence-corrected chi connectivity index (χ0v) is 12.2. The van der Waals surface area contributed by atoms with E-state index in [1.807, 2.05) is 37.3 Å². The van der Waals surface area contributed by atoms with Gasteiger partial charge in [0.1, 0.15) is 5.75 Å². The second kappa shape index (κ2) is 6.48. The van der Waals surface area contributed by atoms with E-state index in [-0.39, 0.29) is 5.75 Å². The third-order valence-corrected chi connectivity index (χ3v) is 3.97.